The number of piperidine rings is 1. The Hall–Kier alpha value is -2.89. The van der Waals surface area contributed by atoms with Crippen LogP contribution < -0.4 is 5.32 Å². The zero-order chi connectivity index (χ0) is 18.6. The van der Waals surface area contributed by atoms with Gasteiger partial charge in [0.2, 0.25) is 0 Å². The molecule has 4 heterocycles. The molecule has 2 aromatic rings. The summed E-state index contributed by atoms with van der Waals surface area (Å²) in [4.78, 5) is 33.5. The first-order chi connectivity index (χ1) is 13.2. The van der Waals surface area contributed by atoms with Crippen molar-refractivity contribution < 1.29 is 9.59 Å². The monoisotopic (exact) mass is 364 g/mol. The van der Waals surface area contributed by atoms with E-state index in [2.05, 4.69) is 10.3 Å². The first-order valence-electron chi connectivity index (χ1n) is 9.48. The minimum Gasteiger partial charge on any atom is -0.336 e. The average Bonchev–Trinajstić information content (AvgIpc) is 3.05. The Balaban J connectivity index is 1.42. The van der Waals surface area contributed by atoms with E-state index in [4.69, 9.17) is 0 Å². The summed E-state index contributed by atoms with van der Waals surface area (Å²) in [5, 5.41) is 3.03. The number of aromatic nitrogens is 1. The normalized spacial score (nSPS) is 21.6. The van der Waals surface area contributed by atoms with Crippen molar-refractivity contribution in [2.75, 3.05) is 19.6 Å². The van der Waals surface area contributed by atoms with Crippen molar-refractivity contribution in [1.82, 2.24) is 20.1 Å². The van der Waals surface area contributed by atoms with Crippen LogP contribution in [0.4, 0.5) is 4.79 Å². The molecule has 1 aromatic heterocycles. The zero-order valence-corrected chi connectivity index (χ0v) is 15.3. The Kier molecular flexibility index (Phi) is 5.05. The minimum atomic E-state index is -0.0378. The number of carbonyl (C=O) groups excluding carboxylic acids is 2. The molecule has 1 N–H and O–H groups in total. The first-order valence-corrected chi connectivity index (χ1v) is 9.48. The smallest absolute Gasteiger partial charge is 0.317 e. The van der Waals surface area contributed by atoms with Gasteiger partial charge in [-0.15, -0.1) is 0 Å². The fourth-order valence-electron chi connectivity index (χ4n) is 4.04. The molecular formula is C21H24N4O2. The van der Waals surface area contributed by atoms with Gasteiger partial charge in [-0.25, -0.2) is 4.79 Å². The number of benzene rings is 1. The summed E-state index contributed by atoms with van der Waals surface area (Å²) in [5.41, 5.74) is 1.69. The lowest BCUT2D eigenvalue weighted by Gasteiger charge is -2.36. The van der Waals surface area contributed by atoms with E-state index in [1.54, 1.807) is 24.5 Å². The number of rotatable bonds is 3. The summed E-state index contributed by atoms with van der Waals surface area (Å²) < 4.78 is 0. The standard InChI is InChI=1S/C21H24N4O2/c26-20(18-7-4-10-22-12-18)24-13-17-8-9-19(15-24)25(14-17)21(27)23-11-16-5-2-1-3-6-16/h1-7,10,12,17,19H,8-9,11,13-15H2,(H,23,27)/t17-,19+/m1/s1. The number of carbonyl (C=O) groups is 2. The van der Waals surface area contributed by atoms with Crippen LogP contribution >= 0.6 is 0 Å². The van der Waals surface area contributed by atoms with Crippen LogP contribution in [0, 0.1) is 5.92 Å². The van der Waals surface area contributed by atoms with Crippen molar-refractivity contribution in [2.45, 2.75) is 25.4 Å². The number of hydrogen-bond donors (Lipinski definition) is 1. The molecule has 0 spiro atoms. The summed E-state index contributed by atoms with van der Waals surface area (Å²) in [6.45, 7) is 2.52. The third-order valence-electron chi connectivity index (χ3n) is 5.46. The Labute approximate surface area is 159 Å². The van der Waals surface area contributed by atoms with Crippen LogP contribution in [0.5, 0.6) is 0 Å². The van der Waals surface area contributed by atoms with Gasteiger partial charge in [0, 0.05) is 38.6 Å². The summed E-state index contributed by atoms with van der Waals surface area (Å²) in [6.07, 6.45) is 5.28. The number of fused-ring (bicyclic) bond motifs is 4. The van der Waals surface area contributed by atoms with E-state index in [1.165, 1.54) is 0 Å². The van der Waals surface area contributed by atoms with Crippen molar-refractivity contribution in [3.63, 3.8) is 0 Å². The molecule has 0 radical (unpaired) electrons. The number of hydrogen-bond acceptors (Lipinski definition) is 3. The molecule has 6 nitrogen and oxygen atoms in total. The molecule has 1 aromatic carbocycles. The molecule has 3 aliphatic rings. The lowest BCUT2D eigenvalue weighted by molar-refractivity contribution is 0.0741. The van der Waals surface area contributed by atoms with Crippen LogP contribution in [-0.2, 0) is 6.54 Å². The molecule has 5 rings (SSSR count). The molecule has 3 saturated heterocycles. The van der Waals surface area contributed by atoms with E-state index in [9.17, 15) is 9.59 Å². The third kappa shape index (κ3) is 3.94. The van der Waals surface area contributed by atoms with Crippen molar-refractivity contribution in [1.29, 1.82) is 0 Å². The van der Waals surface area contributed by atoms with Gasteiger partial charge in [-0.05, 0) is 36.5 Å². The van der Waals surface area contributed by atoms with Crippen molar-refractivity contribution in [2.24, 2.45) is 5.92 Å². The zero-order valence-electron chi connectivity index (χ0n) is 15.3. The van der Waals surface area contributed by atoms with Crippen molar-refractivity contribution >= 4 is 11.9 Å². The lowest BCUT2D eigenvalue weighted by Crippen LogP contribution is -2.51. The molecule has 2 bridgehead atoms. The van der Waals surface area contributed by atoms with Gasteiger partial charge >= 0.3 is 6.03 Å². The van der Waals surface area contributed by atoms with Gasteiger partial charge in [0.05, 0.1) is 11.6 Å². The molecule has 0 unspecified atom stereocenters. The van der Waals surface area contributed by atoms with Crippen LogP contribution in [0.15, 0.2) is 54.9 Å². The maximum Gasteiger partial charge on any atom is 0.317 e. The number of amides is 3. The van der Waals surface area contributed by atoms with E-state index in [0.717, 1.165) is 18.4 Å². The van der Waals surface area contributed by atoms with Gasteiger partial charge in [0.25, 0.3) is 5.91 Å². The highest BCUT2D eigenvalue weighted by atomic mass is 16.2. The van der Waals surface area contributed by atoms with Gasteiger partial charge in [-0.2, -0.15) is 0 Å². The second-order valence-electron chi connectivity index (χ2n) is 7.35. The maximum atomic E-state index is 12.8. The van der Waals surface area contributed by atoms with Crippen LogP contribution in [-0.4, -0.2) is 52.4 Å². The second-order valence-corrected chi connectivity index (χ2v) is 7.35. The van der Waals surface area contributed by atoms with Crippen molar-refractivity contribution in [3.05, 3.63) is 66.0 Å². The fraction of sp³-hybridized carbons (Fsp3) is 0.381. The van der Waals surface area contributed by atoms with Crippen LogP contribution in [0.2, 0.25) is 0 Å². The van der Waals surface area contributed by atoms with E-state index in [-0.39, 0.29) is 18.0 Å². The predicted octanol–water partition coefficient (Wildman–Crippen LogP) is 2.53. The SMILES string of the molecule is O=C(c1cccnc1)N1C[C@H]2CC[C@@H](C1)N(C(=O)NCc1ccccc1)C2. The molecule has 0 saturated carbocycles. The Morgan fingerprint density at radius 2 is 1.89 bits per heavy atom. The fourth-order valence-corrected chi connectivity index (χ4v) is 4.04. The second kappa shape index (κ2) is 7.78. The molecule has 3 amide bonds. The highest BCUT2D eigenvalue weighted by molar-refractivity contribution is 5.94. The highest BCUT2D eigenvalue weighted by Crippen LogP contribution is 2.28. The van der Waals surface area contributed by atoms with Gasteiger partial charge in [0.1, 0.15) is 0 Å². The Morgan fingerprint density at radius 1 is 1.04 bits per heavy atom. The van der Waals surface area contributed by atoms with E-state index < -0.39 is 0 Å². The topological polar surface area (TPSA) is 65.5 Å². The summed E-state index contributed by atoms with van der Waals surface area (Å²) >= 11 is 0. The Bertz CT molecular complexity index is 796. The van der Waals surface area contributed by atoms with Gasteiger partial charge in [-0.1, -0.05) is 30.3 Å². The summed E-state index contributed by atoms with van der Waals surface area (Å²) in [7, 11) is 0. The molecule has 6 heteroatoms. The molecule has 27 heavy (non-hydrogen) atoms. The molecule has 140 valence electrons. The number of urea groups is 1. The van der Waals surface area contributed by atoms with Gasteiger partial charge < -0.3 is 15.1 Å². The van der Waals surface area contributed by atoms with Crippen LogP contribution in [0.25, 0.3) is 0 Å². The van der Waals surface area contributed by atoms with Gasteiger partial charge in [-0.3, -0.25) is 9.78 Å². The van der Waals surface area contributed by atoms with E-state index in [1.807, 2.05) is 40.1 Å². The lowest BCUT2D eigenvalue weighted by atomic mass is 9.95. The first kappa shape index (κ1) is 17.5. The molecule has 0 aliphatic carbocycles. The van der Waals surface area contributed by atoms with Crippen LogP contribution in [0.3, 0.4) is 0 Å². The molecule has 3 aliphatic heterocycles. The van der Waals surface area contributed by atoms with Crippen LogP contribution in [0.1, 0.15) is 28.8 Å². The number of nitrogens with zero attached hydrogens (tertiary/aromatic N) is 3. The quantitative estimate of drug-likeness (QED) is 0.910. The summed E-state index contributed by atoms with van der Waals surface area (Å²) in [5.74, 6) is 0.332. The van der Waals surface area contributed by atoms with E-state index >= 15 is 0 Å². The molecular weight excluding hydrogens is 340 g/mol. The minimum absolute atomic E-state index is 0.00606. The summed E-state index contributed by atoms with van der Waals surface area (Å²) in [6, 6.07) is 13.5. The third-order valence-corrected chi connectivity index (χ3v) is 5.46. The number of nitrogens with one attached hydrogen (secondary N) is 1. The number of pyridine rings is 1. The largest absolute Gasteiger partial charge is 0.336 e. The van der Waals surface area contributed by atoms with E-state index in [0.29, 0.717) is 37.7 Å². The van der Waals surface area contributed by atoms with Gasteiger partial charge in [0.15, 0.2) is 0 Å². The highest BCUT2D eigenvalue weighted by Gasteiger charge is 2.38. The predicted molar refractivity (Wildman–Crippen MR) is 102 cm³/mol. The average molecular weight is 364 g/mol. The Morgan fingerprint density at radius 3 is 2.67 bits per heavy atom. The maximum absolute atomic E-state index is 12.8. The van der Waals surface area contributed by atoms with Crippen molar-refractivity contribution in [3.8, 4) is 0 Å². The molecule has 2 atom stereocenters. The molecule has 3 fully saturated rings.